The van der Waals surface area contributed by atoms with E-state index in [1.54, 1.807) is 0 Å². The van der Waals surface area contributed by atoms with Crippen LogP contribution in [-0.4, -0.2) is 38.6 Å². The molecule has 1 aromatic carbocycles. The van der Waals surface area contributed by atoms with Crippen molar-refractivity contribution in [2.45, 2.75) is 25.8 Å². The Morgan fingerprint density at radius 3 is 3.04 bits per heavy atom. The summed E-state index contributed by atoms with van der Waals surface area (Å²) in [5, 5.41) is 8.52. The van der Waals surface area contributed by atoms with E-state index < -0.39 is 0 Å². The Morgan fingerprint density at radius 2 is 2.16 bits per heavy atom. The molecule has 3 aromatic rings. The molecule has 128 valence electrons. The van der Waals surface area contributed by atoms with Crippen LogP contribution >= 0.6 is 0 Å². The first-order chi connectivity index (χ1) is 12.2. The van der Waals surface area contributed by atoms with E-state index in [0.29, 0.717) is 0 Å². The highest BCUT2D eigenvalue weighted by Gasteiger charge is 2.33. The number of fused-ring (bicyclic) bond motifs is 1. The Balaban J connectivity index is 1.50. The molecule has 1 saturated heterocycles. The zero-order valence-electron chi connectivity index (χ0n) is 14.1. The first-order valence-corrected chi connectivity index (χ1v) is 8.51. The molecule has 3 heterocycles. The van der Waals surface area contributed by atoms with E-state index >= 15 is 0 Å². The first kappa shape index (κ1) is 15.6. The van der Waals surface area contributed by atoms with Gasteiger partial charge in [-0.1, -0.05) is 18.2 Å². The monoisotopic (exact) mass is 336 g/mol. The summed E-state index contributed by atoms with van der Waals surface area (Å²) < 4.78 is 7.64. The van der Waals surface area contributed by atoms with E-state index in [2.05, 4.69) is 10.2 Å². The maximum absolute atomic E-state index is 12.7. The largest absolute Gasteiger partial charge is 0.484 e. The molecule has 2 aromatic heterocycles. The van der Waals surface area contributed by atoms with Crippen molar-refractivity contribution < 1.29 is 9.53 Å². The number of amides is 1. The van der Waals surface area contributed by atoms with E-state index in [-0.39, 0.29) is 18.6 Å². The number of aryl methyl sites for hydroxylation is 1. The topological polar surface area (TPSA) is 59.7 Å². The lowest BCUT2D eigenvalue weighted by atomic mass is 10.2. The van der Waals surface area contributed by atoms with Crippen molar-refractivity contribution in [2.24, 2.45) is 0 Å². The molecule has 4 rings (SSSR count). The fraction of sp³-hybridized carbons (Fsp3) is 0.316. The van der Waals surface area contributed by atoms with E-state index in [4.69, 9.17) is 4.74 Å². The molecule has 0 bridgehead atoms. The summed E-state index contributed by atoms with van der Waals surface area (Å²) in [6.07, 6.45) is 3.80. The Morgan fingerprint density at radius 1 is 1.24 bits per heavy atom. The predicted molar refractivity (Wildman–Crippen MR) is 93.3 cm³/mol. The fourth-order valence-corrected chi connectivity index (χ4v) is 3.35. The van der Waals surface area contributed by atoms with Crippen molar-refractivity contribution in [3.05, 3.63) is 60.0 Å². The summed E-state index contributed by atoms with van der Waals surface area (Å²) in [5.41, 5.74) is 1.91. The molecule has 0 N–H and O–H groups in total. The highest BCUT2D eigenvalue weighted by molar-refractivity contribution is 5.78. The lowest BCUT2D eigenvalue weighted by Crippen LogP contribution is -2.35. The number of likely N-dealkylation sites (tertiary alicyclic amines) is 1. The first-order valence-electron chi connectivity index (χ1n) is 8.51. The summed E-state index contributed by atoms with van der Waals surface area (Å²) in [5.74, 6) is 1.52. The highest BCUT2D eigenvalue weighted by atomic mass is 16.5. The van der Waals surface area contributed by atoms with Crippen LogP contribution in [0.1, 0.15) is 30.3 Å². The van der Waals surface area contributed by atoms with E-state index in [1.165, 1.54) is 0 Å². The van der Waals surface area contributed by atoms with Gasteiger partial charge in [-0.3, -0.25) is 9.20 Å². The van der Waals surface area contributed by atoms with Crippen LogP contribution in [0.5, 0.6) is 5.75 Å². The quantitative estimate of drug-likeness (QED) is 0.735. The molecule has 0 radical (unpaired) electrons. The molecular formula is C19H20N4O2. The van der Waals surface area contributed by atoms with Gasteiger partial charge in [-0.25, -0.2) is 0 Å². The zero-order chi connectivity index (χ0) is 17.2. The lowest BCUT2D eigenvalue weighted by molar-refractivity contribution is -0.134. The second-order valence-corrected chi connectivity index (χ2v) is 6.34. The maximum Gasteiger partial charge on any atom is 0.261 e. The fourth-order valence-electron chi connectivity index (χ4n) is 3.35. The van der Waals surface area contributed by atoms with Crippen LogP contribution in [0.4, 0.5) is 0 Å². The number of nitrogens with zero attached hydrogens (tertiary/aromatic N) is 4. The molecule has 0 spiro atoms. The molecule has 1 aliphatic heterocycles. The highest BCUT2D eigenvalue weighted by Crippen LogP contribution is 2.31. The minimum atomic E-state index is -0.0500. The lowest BCUT2D eigenvalue weighted by Gasteiger charge is -2.23. The third-order valence-electron chi connectivity index (χ3n) is 4.56. The molecule has 0 aliphatic carbocycles. The van der Waals surface area contributed by atoms with Crippen molar-refractivity contribution in [1.82, 2.24) is 19.5 Å². The number of rotatable bonds is 4. The average molecular weight is 336 g/mol. The van der Waals surface area contributed by atoms with Crippen LogP contribution in [0.2, 0.25) is 0 Å². The smallest absolute Gasteiger partial charge is 0.261 e. The van der Waals surface area contributed by atoms with Crippen LogP contribution in [0, 0.1) is 6.92 Å². The maximum atomic E-state index is 12.7. The Kier molecular flexibility index (Phi) is 4.09. The van der Waals surface area contributed by atoms with Crippen LogP contribution < -0.4 is 4.74 Å². The Labute approximate surface area is 146 Å². The van der Waals surface area contributed by atoms with Crippen molar-refractivity contribution in [3.63, 3.8) is 0 Å². The molecular weight excluding hydrogens is 316 g/mol. The molecule has 0 saturated carbocycles. The normalized spacial score (nSPS) is 17.2. The van der Waals surface area contributed by atoms with E-state index in [1.807, 2.05) is 64.9 Å². The molecule has 0 unspecified atom stereocenters. The summed E-state index contributed by atoms with van der Waals surface area (Å²) in [6, 6.07) is 13.5. The molecule has 1 aliphatic rings. The van der Waals surface area contributed by atoms with Crippen molar-refractivity contribution in [3.8, 4) is 5.75 Å². The van der Waals surface area contributed by atoms with Gasteiger partial charge in [0.15, 0.2) is 18.1 Å². The van der Waals surface area contributed by atoms with Gasteiger partial charge in [-0.05, 0) is 49.6 Å². The third-order valence-corrected chi connectivity index (χ3v) is 4.56. The number of benzene rings is 1. The van der Waals surface area contributed by atoms with Crippen LogP contribution in [0.15, 0.2) is 48.7 Å². The van der Waals surface area contributed by atoms with Gasteiger partial charge in [0.25, 0.3) is 5.91 Å². The number of carbonyl (C=O) groups excluding carboxylic acids is 1. The second kappa shape index (κ2) is 6.55. The number of pyridine rings is 1. The van der Waals surface area contributed by atoms with Gasteiger partial charge >= 0.3 is 0 Å². The number of ether oxygens (including phenoxy) is 1. The van der Waals surface area contributed by atoms with E-state index in [0.717, 1.165) is 42.2 Å². The van der Waals surface area contributed by atoms with Crippen LogP contribution in [0.25, 0.3) is 5.65 Å². The summed E-state index contributed by atoms with van der Waals surface area (Å²) in [4.78, 5) is 14.5. The second-order valence-electron chi connectivity index (χ2n) is 6.34. The molecule has 1 amide bonds. The minimum Gasteiger partial charge on any atom is -0.484 e. The summed E-state index contributed by atoms with van der Waals surface area (Å²) in [6.45, 7) is 2.76. The zero-order valence-corrected chi connectivity index (χ0v) is 14.1. The molecule has 6 nitrogen and oxygen atoms in total. The van der Waals surface area contributed by atoms with E-state index in [9.17, 15) is 4.79 Å². The number of carbonyl (C=O) groups is 1. The summed E-state index contributed by atoms with van der Waals surface area (Å²) >= 11 is 0. The number of hydrogen-bond donors (Lipinski definition) is 0. The molecule has 25 heavy (non-hydrogen) atoms. The average Bonchev–Trinajstić information content (AvgIpc) is 3.26. The summed E-state index contributed by atoms with van der Waals surface area (Å²) in [7, 11) is 0. The number of hydrogen-bond acceptors (Lipinski definition) is 4. The van der Waals surface area contributed by atoms with Crippen LogP contribution in [0.3, 0.4) is 0 Å². The van der Waals surface area contributed by atoms with Crippen molar-refractivity contribution in [2.75, 3.05) is 13.2 Å². The standard InChI is InChI=1S/C19H20N4O2/c1-14-6-4-7-15(12-14)25-13-18(24)22-11-5-8-16(22)19-21-20-17-9-2-3-10-23(17)19/h2-4,6-7,9-10,12,16H,5,8,11,13H2,1H3/t16-/m1/s1. The van der Waals surface area contributed by atoms with Gasteiger partial charge in [-0.2, -0.15) is 0 Å². The van der Waals surface area contributed by atoms with Crippen molar-refractivity contribution in [1.29, 1.82) is 0 Å². The van der Waals surface area contributed by atoms with Gasteiger partial charge < -0.3 is 9.64 Å². The van der Waals surface area contributed by atoms with Gasteiger partial charge in [0.2, 0.25) is 0 Å². The van der Waals surface area contributed by atoms with Gasteiger partial charge in [-0.15, -0.1) is 10.2 Å². The Bertz CT molecular complexity index is 905. The number of aromatic nitrogens is 3. The van der Waals surface area contributed by atoms with Crippen LogP contribution in [-0.2, 0) is 4.79 Å². The molecule has 1 fully saturated rings. The minimum absolute atomic E-state index is 0.0170. The molecule has 6 heteroatoms. The Hall–Kier alpha value is -2.89. The molecule has 1 atom stereocenters. The van der Waals surface area contributed by atoms with Gasteiger partial charge in [0.1, 0.15) is 5.75 Å². The van der Waals surface area contributed by atoms with Crippen molar-refractivity contribution >= 4 is 11.6 Å². The SMILES string of the molecule is Cc1cccc(OCC(=O)N2CCC[C@@H]2c2nnc3ccccn23)c1. The third kappa shape index (κ3) is 3.07. The predicted octanol–water partition coefficient (Wildman–Crippen LogP) is 2.78. The van der Waals surface area contributed by atoms with Gasteiger partial charge in [0.05, 0.1) is 6.04 Å². The van der Waals surface area contributed by atoms with Gasteiger partial charge in [0, 0.05) is 12.7 Å².